The fourth-order valence-electron chi connectivity index (χ4n) is 7.86. The average molecular weight is 595 g/mol. The quantitative estimate of drug-likeness (QED) is 0.370. The predicted octanol–water partition coefficient (Wildman–Crippen LogP) is 2.73. The number of benzene rings is 2. The van der Waals surface area contributed by atoms with Crippen LogP contribution in [0.2, 0.25) is 0 Å². The minimum absolute atomic E-state index is 0.0169. The van der Waals surface area contributed by atoms with Crippen molar-refractivity contribution in [1.82, 2.24) is 19.7 Å². The highest BCUT2D eigenvalue weighted by molar-refractivity contribution is 6.84. The van der Waals surface area contributed by atoms with Gasteiger partial charge in [0.05, 0.1) is 34.2 Å². The molecule has 9 heteroatoms. The Morgan fingerprint density at radius 2 is 1.91 bits per heavy atom. The van der Waals surface area contributed by atoms with Crippen LogP contribution in [0.15, 0.2) is 85.5 Å². The molecule has 2 unspecified atom stereocenters. The lowest BCUT2D eigenvalue weighted by atomic mass is 9.58. The number of aryl methyl sites for hydroxylation is 1. The van der Waals surface area contributed by atoms with E-state index in [0.717, 1.165) is 78.5 Å². The van der Waals surface area contributed by atoms with Crippen molar-refractivity contribution in [2.75, 3.05) is 25.0 Å². The van der Waals surface area contributed by atoms with E-state index in [2.05, 4.69) is 81.6 Å². The van der Waals surface area contributed by atoms with Crippen molar-refractivity contribution in [3.05, 3.63) is 102 Å². The molecule has 1 fully saturated rings. The number of aromatic nitrogens is 1. The van der Waals surface area contributed by atoms with Gasteiger partial charge in [-0.25, -0.2) is 0 Å². The van der Waals surface area contributed by atoms with E-state index in [1.807, 2.05) is 31.4 Å². The van der Waals surface area contributed by atoms with Crippen LogP contribution in [0.1, 0.15) is 43.5 Å². The molecule has 0 saturated carbocycles. The van der Waals surface area contributed by atoms with Gasteiger partial charge < -0.3 is 24.6 Å². The summed E-state index contributed by atoms with van der Waals surface area (Å²) in [6, 6.07) is 12.2. The molecule has 5 heterocycles. The highest BCUT2D eigenvalue weighted by Crippen LogP contribution is 2.51. The van der Waals surface area contributed by atoms with Crippen molar-refractivity contribution in [2.24, 2.45) is 0 Å². The maximum atomic E-state index is 14.2. The first kappa shape index (κ1) is 29.2. The Morgan fingerprint density at radius 1 is 1.16 bits per heavy atom. The Kier molecular flexibility index (Phi) is 6.68. The topological polar surface area (TPSA) is 63.2 Å². The first-order valence-corrected chi connectivity index (χ1v) is 15.7. The lowest BCUT2D eigenvalue weighted by Crippen LogP contribution is -2.64. The van der Waals surface area contributed by atoms with Crippen LogP contribution in [-0.4, -0.2) is 77.6 Å². The van der Waals surface area contributed by atoms with E-state index in [9.17, 15) is 9.82 Å². The summed E-state index contributed by atoms with van der Waals surface area (Å²) >= 11 is 0. The van der Waals surface area contributed by atoms with Gasteiger partial charge in [-0.1, -0.05) is 63.3 Å². The van der Waals surface area contributed by atoms with Crippen LogP contribution in [0.3, 0.4) is 0 Å². The monoisotopic (exact) mass is 595 g/mol. The molecule has 0 radical (unpaired) electrons. The Morgan fingerprint density at radius 3 is 2.62 bits per heavy atom. The van der Waals surface area contributed by atoms with Crippen molar-refractivity contribution in [3.8, 4) is 11.1 Å². The van der Waals surface area contributed by atoms with E-state index >= 15 is 0 Å². The number of amides is 1. The van der Waals surface area contributed by atoms with Gasteiger partial charge >= 0.3 is 6.92 Å². The van der Waals surface area contributed by atoms with Crippen molar-refractivity contribution in [1.29, 1.82) is 0 Å². The third-order valence-electron chi connectivity index (χ3n) is 10.1. The number of hydrogen-bond donors (Lipinski definition) is 1. The zero-order chi connectivity index (χ0) is 32.1. The lowest BCUT2D eigenvalue weighted by Gasteiger charge is -2.54. The number of carbonyl (C=O) groups is 1. The molecule has 4 aliphatic heterocycles. The lowest BCUT2D eigenvalue weighted by molar-refractivity contribution is -0.136. The molecule has 4 aliphatic rings. The number of allylic oxidation sites excluding steroid dienone is 1. The van der Waals surface area contributed by atoms with Gasteiger partial charge in [-0.15, -0.1) is 0 Å². The van der Waals surface area contributed by atoms with Gasteiger partial charge in [0.25, 0.3) is 5.91 Å². The van der Waals surface area contributed by atoms with Gasteiger partial charge in [-0.05, 0) is 65.6 Å². The van der Waals surface area contributed by atoms with Gasteiger partial charge in [-0.3, -0.25) is 9.78 Å². The van der Waals surface area contributed by atoms with Gasteiger partial charge in [0.1, 0.15) is 13.9 Å². The molecule has 0 spiro atoms. The molecule has 7 nitrogen and oxygen atoms in total. The first-order chi connectivity index (χ1) is 21.5. The molecule has 7 rings (SSSR count). The number of carbonyl (C=O) groups excluding carboxylic acids is 1. The fraction of sp³-hybridized carbons (Fsp3) is 0.278. The second kappa shape index (κ2) is 10.3. The van der Waals surface area contributed by atoms with E-state index in [-0.39, 0.29) is 17.9 Å². The van der Waals surface area contributed by atoms with Crippen LogP contribution in [-0.2, 0) is 4.79 Å². The number of pyridine rings is 1. The zero-order valence-electron chi connectivity index (χ0n) is 27.1. The minimum atomic E-state index is -0.736. The van der Waals surface area contributed by atoms with E-state index in [1.165, 1.54) is 0 Å². The summed E-state index contributed by atoms with van der Waals surface area (Å²) in [5.74, 6) is 0.177. The SMILES string of the molecule is Bc1cccc2c1-c1cc3c(cc1B2O)C1=C(C(=C)N3c2c(C)ccnc2C(C)C)N(C)C(=O)C2CN(C(=C)C=C)C(C)CN12. The Labute approximate surface area is 267 Å². The molecule has 0 aliphatic carbocycles. The van der Waals surface area contributed by atoms with E-state index < -0.39 is 13.0 Å². The van der Waals surface area contributed by atoms with Gasteiger partial charge in [0.15, 0.2) is 0 Å². The van der Waals surface area contributed by atoms with E-state index in [0.29, 0.717) is 13.1 Å². The molecule has 1 saturated heterocycles. The molecule has 3 aromatic rings. The average Bonchev–Trinajstić information content (AvgIpc) is 3.29. The van der Waals surface area contributed by atoms with Gasteiger partial charge in [0, 0.05) is 43.6 Å². The normalized spacial score (nSPS) is 20.3. The molecule has 1 aromatic heterocycles. The molecule has 0 bridgehead atoms. The highest BCUT2D eigenvalue weighted by atomic mass is 16.2. The minimum Gasteiger partial charge on any atom is -0.443 e. The molecular formula is C36H39B2N5O2. The molecule has 226 valence electrons. The summed E-state index contributed by atoms with van der Waals surface area (Å²) in [5, 5.41) is 11.7. The van der Waals surface area contributed by atoms with E-state index in [1.54, 1.807) is 11.0 Å². The molecule has 1 N–H and O–H groups in total. The molecule has 2 atom stereocenters. The second-order valence-electron chi connectivity index (χ2n) is 13.2. The zero-order valence-corrected chi connectivity index (χ0v) is 27.1. The second-order valence-corrected chi connectivity index (χ2v) is 13.2. The maximum absolute atomic E-state index is 14.2. The third kappa shape index (κ3) is 4.03. The summed E-state index contributed by atoms with van der Waals surface area (Å²) in [4.78, 5) is 27.5. The third-order valence-corrected chi connectivity index (χ3v) is 10.1. The van der Waals surface area contributed by atoms with Crippen molar-refractivity contribution in [2.45, 2.75) is 45.7 Å². The van der Waals surface area contributed by atoms with Crippen molar-refractivity contribution >= 4 is 54.1 Å². The van der Waals surface area contributed by atoms with Crippen LogP contribution >= 0.6 is 0 Å². The predicted molar refractivity (Wildman–Crippen MR) is 187 cm³/mol. The summed E-state index contributed by atoms with van der Waals surface area (Å²) in [7, 11) is 3.96. The summed E-state index contributed by atoms with van der Waals surface area (Å²) in [6.07, 6.45) is 3.63. The Balaban J connectivity index is 1.53. The molecule has 45 heavy (non-hydrogen) atoms. The van der Waals surface area contributed by atoms with Crippen molar-refractivity contribution in [3.63, 3.8) is 0 Å². The van der Waals surface area contributed by atoms with Crippen LogP contribution < -0.4 is 21.3 Å². The summed E-state index contributed by atoms with van der Waals surface area (Å²) in [6.45, 7) is 21.8. The molecule has 2 aromatic carbocycles. The molecule has 1 amide bonds. The summed E-state index contributed by atoms with van der Waals surface area (Å²) in [5.41, 5.74) is 13.3. The fourth-order valence-corrected chi connectivity index (χ4v) is 7.86. The van der Waals surface area contributed by atoms with Crippen LogP contribution in [0, 0.1) is 6.92 Å². The molecular weight excluding hydrogens is 556 g/mol. The standard InChI is InChI=1S/C36H39B2N5O2/c1-9-21(5)41-18-30-36(44)40(8)34-23(7)43(33-20(4)13-14-39-32(33)19(2)3)29-16-24-28(15-25(29)35(34)42(30)17-22(41)6)38(45)27-12-10-11-26(37)31(24)27/h9-16,19,22,30,45H,1,5,7,17-18,37H2,2-4,6,8H3. The van der Waals surface area contributed by atoms with Crippen molar-refractivity contribution < 1.29 is 9.82 Å². The number of likely N-dealkylation sites (N-methyl/N-ethyl adjacent to an activating group) is 1. The highest BCUT2D eigenvalue weighted by Gasteiger charge is 2.49. The van der Waals surface area contributed by atoms with Crippen LogP contribution in [0.4, 0.5) is 11.4 Å². The number of nitrogens with zero attached hydrogens (tertiary/aromatic N) is 5. The Bertz CT molecular complexity index is 1880. The van der Waals surface area contributed by atoms with E-state index in [4.69, 9.17) is 11.6 Å². The van der Waals surface area contributed by atoms with Crippen LogP contribution in [0.5, 0.6) is 0 Å². The number of anilines is 2. The number of hydrogen-bond acceptors (Lipinski definition) is 6. The maximum Gasteiger partial charge on any atom is 0.360 e. The number of rotatable bonds is 4. The van der Waals surface area contributed by atoms with Crippen LogP contribution in [0.25, 0.3) is 16.8 Å². The first-order valence-electron chi connectivity index (χ1n) is 15.7. The van der Waals surface area contributed by atoms with Gasteiger partial charge in [-0.2, -0.15) is 0 Å². The Hall–Kier alpha value is -4.49. The number of fused-ring (bicyclic) bond motifs is 7. The van der Waals surface area contributed by atoms with Gasteiger partial charge in [0.2, 0.25) is 0 Å². The largest absolute Gasteiger partial charge is 0.443 e. The smallest absolute Gasteiger partial charge is 0.360 e. The summed E-state index contributed by atoms with van der Waals surface area (Å²) < 4.78 is 0. The number of piperazine rings is 1.